The minimum absolute atomic E-state index is 0.835. The predicted molar refractivity (Wildman–Crippen MR) is 125 cm³/mol. The average Bonchev–Trinajstić information content (AvgIpc) is 3.27. The standard InChI is InChI=1S/C26H29N5/c1-20-10-11-25(18-21(20)2)23-12-14-24(15-13-23)26-28-29-30-31(26)17-6-4-3-5-8-22-9-7-16-27-19-22/h7,9-16,18-19H,3-6,8,17H2,1-2H3. The minimum atomic E-state index is 0.835. The number of benzene rings is 2. The van der Waals surface area contributed by atoms with E-state index in [-0.39, 0.29) is 0 Å². The Balaban J connectivity index is 1.31. The van der Waals surface area contributed by atoms with Gasteiger partial charge in [-0.1, -0.05) is 61.4 Å². The Morgan fingerprint density at radius 2 is 1.55 bits per heavy atom. The van der Waals surface area contributed by atoms with E-state index in [4.69, 9.17) is 0 Å². The zero-order valence-corrected chi connectivity index (χ0v) is 18.3. The largest absolute Gasteiger partial charge is 0.264 e. The molecule has 0 spiro atoms. The van der Waals surface area contributed by atoms with Gasteiger partial charge >= 0.3 is 0 Å². The van der Waals surface area contributed by atoms with E-state index in [1.54, 1.807) is 0 Å². The van der Waals surface area contributed by atoms with Gasteiger partial charge in [-0.05, 0) is 77.4 Å². The Morgan fingerprint density at radius 3 is 2.32 bits per heavy atom. The molecule has 0 aliphatic heterocycles. The first-order chi connectivity index (χ1) is 15.2. The van der Waals surface area contributed by atoms with Crippen molar-refractivity contribution < 1.29 is 0 Å². The van der Waals surface area contributed by atoms with E-state index in [1.807, 2.05) is 23.1 Å². The van der Waals surface area contributed by atoms with Crippen LogP contribution in [0.2, 0.25) is 0 Å². The van der Waals surface area contributed by atoms with Crippen LogP contribution >= 0.6 is 0 Å². The lowest BCUT2D eigenvalue weighted by Gasteiger charge is -2.08. The van der Waals surface area contributed by atoms with Crippen LogP contribution in [0.1, 0.15) is 42.4 Å². The van der Waals surface area contributed by atoms with Crippen molar-refractivity contribution in [3.8, 4) is 22.5 Å². The highest BCUT2D eigenvalue weighted by Gasteiger charge is 2.09. The van der Waals surface area contributed by atoms with Crippen molar-refractivity contribution in [1.29, 1.82) is 0 Å². The number of tetrazole rings is 1. The third-order valence-electron chi connectivity index (χ3n) is 5.82. The van der Waals surface area contributed by atoms with Crippen molar-refractivity contribution >= 4 is 0 Å². The van der Waals surface area contributed by atoms with Crippen molar-refractivity contribution in [1.82, 2.24) is 25.2 Å². The molecule has 0 radical (unpaired) electrons. The van der Waals surface area contributed by atoms with E-state index in [0.717, 1.165) is 30.8 Å². The lowest BCUT2D eigenvalue weighted by atomic mass is 9.99. The number of nitrogens with zero attached hydrogens (tertiary/aromatic N) is 5. The van der Waals surface area contributed by atoms with Crippen LogP contribution in [0.15, 0.2) is 67.0 Å². The molecule has 2 aromatic heterocycles. The van der Waals surface area contributed by atoms with Gasteiger partial charge in [0.2, 0.25) is 0 Å². The first kappa shape index (κ1) is 20.9. The fourth-order valence-electron chi connectivity index (χ4n) is 3.78. The molecule has 0 bridgehead atoms. The monoisotopic (exact) mass is 411 g/mol. The molecule has 5 heteroatoms. The number of unbranched alkanes of at least 4 members (excludes halogenated alkanes) is 3. The molecule has 0 atom stereocenters. The first-order valence-electron chi connectivity index (χ1n) is 11.0. The van der Waals surface area contributed by atoms with Crippen molar-refractivity contribution in [2.24, 2.45) is 0 Å². The number of aryl methyl sites for hydroxylation is 4. The van der Waals surface area contributed by atoms with E-state index in [2.05, 4.69) is 82.9 Å². The number of hydrogen-bond donors (Lipinski definition) is 0. The van der Waals surface area contributed by atoms with Gasteiger partial charge < -0.3 is 0 Å². The second kappa shape index (κ2) is 10.1. The highest BCUT2D eigenvalue weighted by atomic mass is 15.5. The molecule has 4 aromatic rings. The molecule has 2 aromatic carbocycles. The SMILES string of the molecule is Cc1ccc(-c2ccc(-c3nnnn3CCCCCCc3cccnc3)cc2)cc1C. The number of hydrogen-bond acceptors (Lipinski definition) is 4. The van der Waals surface area contributed by atoms with Gasteiger partial charge in [0, 0.05) is 24.5 Å². The molecule has 0 aliphatic rings. The maximum Gasteiger partial charge on any atom is 0.182 e. The highest BCUT2D eigenvalue weighted by Crippen LogP contribution is 2.25. The van der Waals surface area contributed by atoms with E-state index in [9.17, 15) is 0 Å². The molecule has 0 N–H and O–H groups in total. The molecule has 0 unspecified atom stereocenters. The molecule has 0 fully saturated rings. The van der Waals surface area contributed by atoms with Crippen LogP contribution in [-0.2, 0) is 13.0 Å². The van der Waals surface area contributed by atoms with Crippen molar-refractivity contribution in [3.05, 3.63) is 83.7 Å². The molecular weight excluding hydrogens is 382 g/mol. The third-order valence-corrected chi connectivity index (χ3v) is 5.82. The van der Waals surface area contributed by atoms with Crippen molar-refractivity contribution in [3.63, 3.8) is 0 Å². The van der Waals surface area contributed by atoms with Gasteiger partial charge in [0.25, 0.3) is 0 Å². The highest BCUT2D eigenvalue weighted by molar-refractivity contribution is 5.68. The van der Waals surface area contributed by atoms with Crippen LogP contribution in [0.4, 0.5) is 0 Å². The normalized spacial score (nSPS) is 11.0. The van der Waals surface area contributed by atoms with Gasteiger partial charge in [-0.25, -0.2) is 4.68 Å². The van der Waals surface area contributed by atoms with Crippen LogP contribution in [0, 0.1) is 13.8 Å². The Hall–Kier alpha value is -3.34. The second-order valence-electron chi connectivity index (χ2n) is 8.13. The molecular formula is C26H29N5. The van der Waals surface area contributed by atoms with Gasteiger partial charge in [-0.2, -0.15) is 0 Å². The van der Waals surface area contributed by atoms with Crippen LogP contribution < -0.4 is 0 Å². The molecule has 31 heavy (non-hydrogen) atoms. The lowest BCUT2D eigenvalue weighted by molar-refractivity contribution is 0.526. The quantitative estimate of drug-likeness (QED) is 0.326. The summed E-state index contributed by atoms with van der Waals surface area (Å²) in [6.45, 7) is 5.14. The van der Waals surface area contributed by atoms with E-state index in [1.165, 1.54) is 47.1 Å². The van der Waals surface area contributed by atoms with Crippen LogP contribution in [0.3, 0.4) is 0 Å². The Morgan fingerprint density at radius 1 is 0.774 bits per heavy atom. The fourth-order valence-corrected chi connectivity index (χ4v) is 3.78. The lowest BCUT2D eigenvalue weighted by Crippen LogP contribution is -2.03. The van der Waals surface area contributed by atoms with Crippen molar-refractivity contribution in [2.45, 2.75) is 52.5 Å². The summed E-state index contributed by atoms with van der Waals surface area (Å²) < 4.78 is 1.92. The molecule has 158 valence electrons. The smallest absolute Gasteiger partial charge is 0.182 e. The van der Waals surface area contributed by atoms with Gasteiger partial charge in [0.15, 0.2) is 5.82 Å². The summed E-state index contributed by atoms with van der Waals surface area (Å²) in [5.74, 6) is 0.835. The number of pyridine rings is 1. The molecule has 4 rings (SSSR count). The fraction of sp³-hybridized carbons (Fsp3) is 0.308. The summed E-state index contributed by atoms with van der Waals surface area (Å²) in [5.41, 5.74) is 7.44. The molecule has 0 amide bonds. The van der Waals surface area contributed by atoms with Gasteiger partial charge in [0.1, 0.15) is 0 Å². The summed E-state index contributed by atoms with van der Waals surface area (Å²) >= 11 is 0. The Labute approximate surface area is 184 Å². The number of rotatable bonds is 9. The van der Waals surface area contributed by atoms with Gasteiger partial charge in [-0.15, -0.1) is 5.10 Å². The third kappa shape index (κ3) is 5.43. The topological polar surface area (TPSA) is 56.5 Å². The maximum absolute atomic E-state index is 4.26. The second-order valence-corrected chi connectivity index (χ2v) is 8.13. The number of aromatic nitrogens is 5. The van der Waals surface area contributed by atoms with Crippen molar-refractivity contribution in [2.75, 3.05) is 0 Å². The first-order valence-corrected chi connectivity index (χ1v) is 11.0. The summed E-state index contributed by atoms with van der Waals surface area (Å²) in [4.78, 5) is 4.18. The molecule has 0 saturated heterocycles. The minimum Gasteiger partial charge on any atom is -0.264 e. The zero-order valence-electron chi connectivity index (χ0n) is 18.3. The zero-order chi connectivity index (χ0) is 21.5. The molecule has 5 nitrogen and oxygen atoms in total. The Bertz CT molecular complexity index is 1100. The van der Waals surface area contributed by atoms with E-state index < -0.39 is 0 Å². The summed E-state index contributed by atoms with van der Waals surface area (Å²) in [6.07, 6.45) is 9.52. The maximum atomic E-state index is 4.26. The molecule has 0 saturated carbocycles. The summed E-state index contributed by atoms with van der Waals surface area (Å²) in [5, 5.41) is 12.4. The predicted octanol–water partition coefficient (Wildman–Crippen LogP) is 5.82. The van der Waals surface area contributed by atoms with Gasteiger partial charge in [-0.3, -0.25) is 4.98 Å². The van der Waals surface area contributed by atoms with Crippen LogP contribution in [0.25, 0.3) is 22.5 Å². The molecule has 2 heterocycles. The van der Waals surface area contributed by atoms with Crippen LogP contribution in [-0.4, -0.2) is 25.2 Å². The molecule has 0 aliphatic carbocycles. The summed E-state index contributed by atoms with van der Waals surface area (Å²) in [6, 6.07) is 19.3. The summed E-state index contributed by atoms with van der Waals surface area (Å²) in [7, 11) is 0. The Kier molecular flexibility index (Phi) is 6.82. The average molecular weight is 412 g/mol. The van der Waals surface area contributed by atoms with Crippen LogP contribution in [0.5, 0.6) is 0 Å². The van der Waals surface area contributed by atoms with Gasteiger partial charge in [0.05, 0.1) is 0 Å². The van der Waals surface area contributed by atoms with E-state index in [0.29, 0.717) is 0 Å². The van der Waals surface area contributed by atoms with E-state index >= 15 is 0 Å².